The summed E-state index contributed by atoms with van der Waals surface area (Å²) in [7, 11) is 0. The van der Waals surface area contributed by atoms with Gasteiger partial charge < -0.3 is 14.4 Å². The van der Waals surface area contributed by atoms with Gasteiger partial charge in [0.25, 0.3) is 5.91 Å². The number of rotatable bonds is 4. The van der Waals surface area contributed by atoms with Crippen LogP contribution in [-0.2, 0) is 11.3 Å². The van der Waals surface area contributed by atoms with Crippen molar-refractivity contribution >= 4 is 11.8 Å². The molecule has 142 valence electrons. The summed E-state index contributed by atoms with van der Waals surface area (Å²) < 4.78 is 2.00. The topological polar surface area (TPSA) is 71.3 Å². The van der Waals surface area contributed by atoms with Gasteiger partial charge in [0, 0.05) is 57.2 Å². The second-order valence-corrected chi connectivity index (χ2v) is 7.49. The molecular weight excluding hydrogens is 342 g/mol. The number of hydrogen-bond acceptors (Lipinski definition) is 4. The maximum absolute atomic E-state index is 12.9. The van der Waals surface area contributed by atoms with Gasteiger partial charge in [-0.25, -0.2) is 4.98 Å². The van der Waals surface area contributed by atoms with Crippen molar-refractivity contribution in [2.24, 2.45) is 5.92 Å². The average molecular weight is 367 g/mol. The molecule has 0 aliphatic carbocycles. The largest absolute Gasteiger partial charge is 0.338 e. The van der Waals surface area contributed by atoms with Crippen molar-refractivity contribution in [3.8, 4) is 0 Å². The van der Waals surface area contributed by atoms with Crippen LogP contribution in [-0.4, -0.2) is 61.8 Å². The van der Waals surface area contributed by atoms with Gasteiger partial charge in [-0.2, -0.15) is 0 Å². The Kier molecular flexibility index (Phi) is 4.92. The summed E-state index contributed by atoms with van der Waals surface area (Å²) in [4.78, 5) is 38.0. The highest BCUT2D eigenvalue weighted by atomic mass is 16.2. The number of pyridine rings is 1. The van der Waals surface area contributed by atoms with E-state index in [1.54, 1.807) is 18.5 Å². The number of piperidine rings is 1. The van der Waals surface area contributed by atoms with Crippen molar-refractivity contribution in [3.63, 3.8) is 0 Å². The molecule has 2 aromatic heterocycles. The van der Waals surface area contributed by atoms with Crippen molar-refractivity contribution in [2.45, 2.75) is 38.8 Å². The maximum atomic E-state index is 12.9. The van der Waals surface area contributed by atoms with E-state index in [9.17, 15) is 9.59 Å². The van der Waals surface area contributed by atoms with E-state index >= 15 is 0 Å². The molecule has 5 heterocycles. The second kappa shape index (κ2) is 7.50. The Labute approximate surface area is 159 Å². The highest BCUT2D eigenvalue weighted by molar-refractivity contribution is 5.92. The maximum Gasteiger partial charge on any atom is 0.272 e. The van der Waals surface area contributed by atoms with Crippen molar-refractivity contribution in [2.75, 3.05) is 19.6 Å². The third-order valence-corrected chi connectivity index (χ3v) is 5.70. The van der Waals surface area contributed by atoms with Crippen LogP contribution < -0.4 is 0 Å². The first kappa shape index (κ1) is 17.7. The van der Waals surface area contributed by atoms with Gasteiger partial charge in [-0.1, -0.05) is 6.07 Å². The first-order chi connectivity index (χ1) is 13.1. The van der Waals surface area contributed by atoms with E-state index in [0.717, 1.165) is 25.2 Å². The van der Waals surface area contributed by atoms with Crippen LogP contribution in [0.15, 0.2) is 36.8 Å². The fourth-order valence-corrected chi connectivity index (χ4v) is 4.20. The van der Waals surface area contributed by atoms with Crippen LogP contribution in [0.1, 0.15) is 35.6 Å². The molecule has 0 N–H and O–H groups in total. The number of carbonyl (C=O) groups is 2. The molecule has 2 atom stereocenters. The first-order valence-electron chi connectivity index (χ1n) is 9.59. The monoisotopic (exact) mass is 367 g/mol. The van der Waals surface area contributed by atoms with E-state index in [-0.39, 0.29) is 17.9 Å². The summed E-state index contributed by atoms with van der Waals surface area (Å²) in [6.45, 7) is 4.64. The van der Waals surface area contributed by atoms with Gasteiger partial charge >= 0.3 is 0 Å². The smallest absolute Gasteiger partial charge is 0.272 e. The summed E-state index contributed by atoms with van der Waals surface area (Å²) in [5.74, 6) is 1.41. The quantitative estimate of drug-likeness (QED) is 0.825. The molecule has 0 unspecified atom stereocenters. The van der Waals surface area contributed by atoms with Crippen LogP contribution in [0.5, 0.6) is 0 Å². The van der Waals surface area contributed by atoms with Crippen LogP contribution in [0.4, 0.5) is 0 Å². The molecule has 7 heteroatoms. The summed E-state index contributed by atoms with van der Waals surface area (Å²) in [5, 5.41) is 0. The molecule has 0 saturated carbocycles. The zero-order valence-corrected chi connectivity index (χ0v) is 15.6. The van der Waals surface area contributed by atoms with Gasteiger partial charge in [0.05, 0.1) is 0 Å². The summed E-state index contributed by atoms with van der Waals surface area (Å²) in [5.41, 5.74) is 0.479. The number of fused-ring (bicyclic) bond motifs is 4. The van der Waals surface area contributed by atoms with Crippen LogP contribution in [0.3, 0.4) is 0 Å². The van der Waals surface area contributed by atoms with Crippen LogP contribution in [0.25, 0.3) is 0 Å². The number of carbonyl (C=O) groups excluding carboxylic acids is 2. The molecule has 3 fully saturated rings. The lowest BCUT2D eigenvalue weighted by molar-refractivity contribution is -0.135. The Balaban J connectivity index is 1.42. The number of amides is 2. The molecule has 0 spiro atoms. The van der Waals surface area contributed by atoms with Crippen molar-refractivity contribution in [1.29, 1.82) is 0 Å². The highest BCUT2D eigenvalue weighted by Gasteiger charge is 2.38. The molecular formula is C20H25N5O2. The zero-order chi connectivity index (χ0) is 18.8. The standard InChI is InChI=1S/C20H25N5O2/c1-15-21-9-11-23(15)10-7-19(26)25-13-16-5-6-17(25)14-24(12-16)20(27)18-4-2-3-8-22-18/h2-4,8-9,11,16-17H,5-7,10,12-14H2,1H3/t16-,17+/m0/s1. The van der Waals surface area contributed by atoms with Crippen LogP contribution in [0.2, 0.25) is 0 Å². The van der Waals surface area contributed by atoms with Crippen molar-refractivity contribution in [1.82, 2.24) is 24.3 Å². The van der Waals surface area contributed by atoms with Crippen molar-refractivity contribution in [3.05, 3.63) is 48.3 Å². The molecule has 2 aromatic rings. The van der Waals surface area contributed by atoms with Gasteiger partial charge in [0.1, 0.15) is 11.5 Å². The number of aromatic nitrogens is 3. The molecule has 3 aliphatic heterocycles. The van der Waals surface area contributed by atoms with Gasteiger partial charge in [0.2, 0.25) is 5.91 Å². The highest BCUT2D eigenvalue weighted by Crippen LogP contribution is 2.29. The Hall–Kier alpha value is -2.70. The average Bonchev–Trinajstić information content (AvgIpc) is 2.91. The van der Waals surface area contributed by atoms with E-state index < -0.39 is 0 Å². The molecule has 0 radical (unpaired) electrons. The van der Waals surface area contributed by atoms with Gasteiger partial charge in [-0.15, -0.1) is 0 Å². The number of nitrogens with zero attached hydrogens (tertiary/aromatic N) is 5. The minimum Gasteiger partial charge on any atom is -0.338 e. The van der Waals surface area contributed by atoms with Crippen molar-refractivity contribution < 1.29 is 9.59 Å². The first-order valence-corrected chi connectivity index (χ1v) is 9.59. The van der Waals surface area contributed by atoms with E-state index in [1.165, 1.54) is 0 Å². The molecule has 7 nitrogen and oxygen atoms in total. The Morgan fingerprint density at radius 1 is 1.11 bits per heavy atom. The SMILES string of the molecule is Cc1nccn1CCC(=O)N1C[C@H]2CC[C@@H]1CN(C(=O)c1ccccn1)C2. The normalized spacial score (nSPS) is 22.0. The van der Waals surface area contributed by atoms with E-state index in [2.05, 4.69) is 9.97 Å². The fraction of sp³-hybridized carbons (Fsp3) is 0.500. The minimum absolute atomic E-state index is 0.0316. The van der Waals surface area contributed by atoms with Gasteiger partial charge in [-0.3, -0.25) is 14.6 Å². The third-order valence-electron chi connectivity index (χ3n) is 5.70. The number of aryl methyl sites for hydroxylation is 2. The Morgan fingerprint density at radius 3 is 2.74 bits per heavy atom. The minimum atomic E-state index is -0.0316. The summed E-state index contributed by atoms with van der Waals surface area (Å²) >= 11 is 0. The Bertz CT molecular complexity index is 819. The molecule has 27 heavy (non-hydrogen) atoms. The summed E-state index contributed by atoms with van der Waals surface area (Å²) in [6.07, 6.45) is 7.81. The fourth-order valence-electron chi connectivity index (χ4n) is 4.20. The second-order valence-electron chi connectivity index (χ2n) is 7.49. The van der Waals surface area contributed by atoms with Gasteiger partial charge in [-0.05, 0) is 37.8 Å². The summed E-state index contributed by atoms with van der Waals surface area (Å²) in [6, 6.07) is 5.50. The van der Waals surface area contributed by atoms with E-state index in [0.29, 0.717) is 37.7 Å². The molecule has 5 rings (SSSR count). The lowest BCUT2D eigenvalue weighted by Crippen LogP contribution is -2.48. The predicted octanol–water partition coefficient (Wildman–Crippen LogP) is 1.74. The molecule has 3 saturated heterocycles. The number of imidazole rings is 1. The molecule has 3 aliphatic rings. The van der Waals surface area contributed by atoms with Crippen LogP contribution >= 0.6 is 0 Å². The lowest BCUT2D eigenvalue weighted by Gasteiger charge is -2.36. The lowest BCUT2D eigenvalue weighted by atomic mass is 9.94. The zero-order valence-electron chi connectivity index (χ0n) is 15.6. The van der Waals surface area contributed by atoms with Crippen LogP contribution in [0, 0.1) is 12.8 Å². The van der Waals surface area contributed by atoms with Gasteiger partial charge in [0.15, 0.2) is 0 Å². The predicted molar refractivity (Wildman–Crippen MR) is 99.9 cm³/mol. The van der Waals surface area contributed by atoms with E-state index in [1.807, 2.05) is 39.6 Å². The Morgan fingerprint density at radius 2 is 2.00 bits per heavy atom. The molecule has 2 bridgehead atoms. The molecule has 2 amide bonds. The third kappa shape index (κ3) is 3.72. The number of hydrogen-bond donors (Lipinski definition) is 0. The van der Waals surface area contributed by atoms with E-state index in [4.69, 9.17) is 0 Å². The molecule has 0 aromatic carbocycles.